The van der Waals surface area contributed by atoms with Gasteiger partial charge in [-0.05, 0) is 109 Å². The van der Waals surface area contributed by atoms with Crippen molar-refractivity contribution in [3.8, 4) is 0 Å². The summed E-state index contributed by atoms with van der Waals surface area (Å²) >= 11 is 0. The summed E-state index contributed by atoms with van der Waals surface area (Å²) in [6, 6.07) is 0. The molecule has 1 spiro atoms. The van der Waals surface area contributed by atoms with Crippen LogP contribution in [0.2, 0.25) is 39.3 Å². The van der Waals surface area contributed by atoms with Crippen molar-refractivity contribution in [3.05, 3.63) is 0 Å². The molecule has 0 aromatic carbocycles. The number of ether oxygens (including phenoxy) is 3. The number of fused-ring (bicyclic) bond motifs is 3. The van der Waals surface area contributed by atoms with Gasteiger partial charge in [0.15, 0.2) is 16.6 Å². The molecule has 4 aliphatic carbocycles. The molecule has 10 heteroatoms. The van der Waals surface area contributed by atoms with E-state index in [9.17, 15) is 14.4 Å². The van der Waals surface area contributed by atoms with Gasteiger partial charge in [0.05, 0.1) is 49.8 Å². The third-order valence-electron chi connectivity index (χ3n) is 10.6. The maximum atomic E-state index is 14.2. The van der Waals surface area contributed by atoms with Crippen LogP contribution in [-0.4, -0.2) is 67.6 Å². The molecule has 0 aromatic heterocycles. The van der Waals surface area contributed by atoms with Gasteiger partial charge in [-0.1, -0.05) is 0 Å². The van der Waals surface area contributed by atoms with Crippen molar-refractivity contribution < 1.29 is 37.4 Å². The Bertz CT molecular complexity index is 1020. The predicted molar refractivity (Wildman–Crippen MR) is 152 cm³/mol. The summed E-state index contributed by atoms with van der Waals surface area (Å²) in [5, 5.41) is 0. The van der Waals surface area contributed by atoms with Gasteiger partial charge in [-0.15, -0.1) is 0 Å². The van der Waals surface area contributed by atoms with Gasteiger partial charge in [0.2, 0.25) is 0 Å². The summed E-state index contributed by atoms with van der Waals surface area (Å²) in [5.74, 6) is -2.36. The van der Waals surface area contributed by atoms with Crippen LogP contribution < -0.4 is 0 Å². The van der Waals surface area contributed by atoms with Crippen LogP contribution in [0.5, 0.6) is 0 Å². The minimum absolute atomic E-state index is 0.133. The molecule has 0 aliphatic heterocycles. The first kappa shape index (κ1) is 30.7. The van der Waals surface area contributed by atoms with Crippen molar-refractivity contribution in [2.75, 3.05) is 21.3 Å². The lowest BCUT2D eigenvalue weighted by molar-refractivity contribution is -0.194. The quantitative estimate of drug-likeness (QED) is 0.230. The fourth-order valence-electron chi connectivity index (χ4n) is 9.99. The van der Waals surface area contributed by atoms with Crippen molar-refractivity contribution in [1.82, 2.24) is 0 Å². The summed E-state index contributed by atoms with van der Waals surface area (Å²) < 4.78 is 30.2. The summed E-state index contributed by atoms with van der Waals surface area (Å²) in [6.07, 6.45) is 3.67. The van der Waals surface area contributed by atoms with Gasteiger partial charge < -0.3 is 23.1 Å². The second kappa shape index (κ2) is 9.66. The molecular formula is C29H50O8Si2. The molecule has 9 atom stereocenters. The Morgan fingerprint density at radius 1 is 0.795 bits per heavy atom. The Labute approximate surface area is 236 Å². The van der Waals surface area contributed by atoms with E-state index in [4.69, 9.17) is 23.1 Å². The summed E-state index contributed by atoms with van der Waals surface area (Å²) in [5.41, 5.74) is -3.22. The fourth-order valence-corrected chi connectivity index (χ4v) is 12.8. The van der Waals surface area contributed by atoms with Crippen LogP contribution in [-0.2, 0) is 37.4 Å². The lowest BCUT2D eigenvalue weighted by Crippen LogP contribution is -2.62. The molecule has 4 saturated carbocycles. The monoisotopic (exact) mass is 582 g/mol. The lowest BCUT2D eigenvalue weighted by Gasteiger charge is -2.54. The standard InChI is InChI=1S/C29H50O8Si2/c1-26(37-39(9,10)11)17-28-16-18(26)12-13-19(28)29(25(32)35-5)15-14-20(36-38(6,7)8)27(2,24(31)34-4)22(29)21(28)23(30)33-3/h18-22H,12-17H2,1-11H3/t18-,19-,20+,21-,22-,26-,27-,28-,29-/m1/s1. The third-order valence-corrected chi connectivity index (χ3v) is 12.7. The molecule has 2 bridgehead atoms. The van der Waals surface area contributed by atoms with Crippen molar-refractivity contribution in [2.24, 2.45) is 39.9 Å². The number of carbonyl (C=O) groups is 3. The zero-order valence-electron chi connectivity index (χ0n) is 25.9. The molecular weight excluding hydrogens is 532 g/mol. The highest BCUT2D eigenvalue weighted by molar-refractivity contribution is 6.70. The van der Waals surface area contributed by atoms with E-state index in [0.29, 0.717) is 19.3 Å². The number of hydrogen-bond donors (Lipinski definition) is 0. The highest BCUT2D eigenvalue weighted by Gasteiger charge is 2.82. The van der Waals surface area contributed by atoms with E-state index < -0.39 is 62.4 Å². The molecule has 4 rings (SSSR count). The van der Waals surface area contributed by atoms with E-state index in [-0.39, 0.29) is 23.8 Å². The Balaban J connectivity index is 2.00. The predicted octanol–water partition coefficient (Wildman–Crippen LogP) is 5.17. The first-order valence-electron chi connectivity index (χ1n) is 14.5. The molecule has 0 heterocycles. The summed E-state index contributed by atoms with van der Waals surface area (Å²) in [6.45, 7) is 16.9. The highest BCUT2D eigenvalue weighted by atomic mass is 28.4. The Hall–Kier alpha value is -1.24. The third kappa shape index (κ3) is 4.46. The summed E-state index contributed by atoms with van der Waals surface area (Å²) in [7, 11) is 0.165. The number of rotatable bonds is 7. The molecule has 0 saturated heterocycles. The van der Waals surface area contributed by atoms with E-state index >= 15 is 0 Å². The summed E-state index contributed by atoms with van der Waals surface area (Å²) in [4.78, 5) is 42.2. The molecule has 4 aliphatic rings. The van der Waals surface area contributed by atoms with Crippen LogP contribution in [0, 0.1) is 39.9 Å². The molecule has 4 fully saturated rings. The normalized spacial score (nSPS) is 43.3. The van der Waals surface area contributed by atoms with Gasteiger partial charge in [0.1, 0.15) is 0 Å². The Morgan fingerprint density at radius 3 is 1.92 bits per heavy atom. The average Bonchev–Trinajstić information content (AvgIpc) is 3.21. The fraction of sp³-hybridized carbons (Fsp3) is 0.897. The maximum Gasteiger partial charge on any atom is 0.314 e. The molecule has 222 valence electrons. The van der Waals surface area contributed by atoms with E-state index in [0.717, 1.165) is 19.3 Å². The number of hydrogen-bond acceptors (Lipinski definition) is 8. The molecule has 39 heavy (non-hydrogen) atoms. The second-order valence-electron chi connectivity index (χ2n) is 15.0. The van der Waals surface area contributed by atoms with Gasteiger partial charge in [-0.3, -0.25) is 14.4 Å². The van der Waals surface area contributed by atoms with Crippen LogP contribution in [0.25, 0.3) is 0 Å². The lowest BCUT2D eigenvalue weighted by atomic mass is 9.51. The topological polar surface area (TPSA) is 97.4 Å². The van der Waals surface area contributed by atoms with E-state index in [1.165, 1.54) is 21.3 Å². The molecule has 0 aromatic rings. The number of methoxy groups -OCH3 is 3. The van der Waals surface area contributed by atoms with Gasteiger partial charge in [0.25, 0.3) is 0 Å². The number of carbonyl (C=O) groups excluding carboxylic acids is 3. The highest BCUT2D eigenvalue weighted by Crippen LogP contribution is 2.79. The van der Waals surface area contributed by atoms with Crippen molar-refractivity contribution in [2.45, 2.75) is 103 Å². The van der Waals surface area contributed by atoms with Gasteiger partial charge in [0, 0.05) is 5.92 Å². The molecule has 0 amide bonds. The Morgan fingerprint density at radius 2 is 1.41 bits per heavy atom. The van der Waals surface area contributed by atoms with Gasteiger partial charge in [-0.25, -0.2) is 0 Å². The minimum Gasteiger partial charge on any atom is -0.469 e. The molecule has 0 unspecified atom stereocenters. The molecule has 0 N–H and O–H groups in total. The van der Waals surface area contributed by atoms with Gasteiger partial charge >= 0.3 is 17.9 Å². The van der Waals surface area contributed by atoms with Crippen LogP contribution in [0.4, 0.5) is 0 Å². The van der Waals surface area contributed by atoms with Crippen LogP contribution >= 0.6 is 0 Å². The first-order valence-corrected chi connectivity index (χ1v) is 21.3. The van der Waals surface area contributed by atoms with Crippen LogP contribution in [0.15, 0.2) is 0 Å². The Kier molecular flexibility index (Phi) is 7.61. The van der Waals surface area contributed by atoms with Crippen molar-refractivity contribution in [1.29, 1.82) is 0 Å². The SMILES string of the molecule is COC(=O)[C@H]1[C@@H]2[C@](C)(C(=O)OC)[C@@H](O[Si](C)(C)C)CC[C@@]2(C(=O)OC)[C@@H]2CC[C@@H]3C[C@@]21C[C@@]3(C)O[Si](C)(C)C. The number of esters is 3. The molecule has 0 radical (unpaired) electrons. The van der Waals surface area contributed by atoms with E-state index in [1.807, 2.05) is 6.92 Å². The van der Waals surface area contributed by atoms with Crippen LogP contribution in [0.1, 0.15) is 52.4 Å². The molecule has 8 nitrogen and oxygen atoms in total. The van der Waals surface area contributed by atoms with E-state index in [2.05, 4.69) is 46.2 Å². The van der Waals surface area contributed by atoms with Crippen molar-refractivity contribution in [3.63, 3.8) is 0 Å². The average molecular weight is 583 g/mol. The van der Waals surface area contributed by atoms with Gasteiger partial charge in [-0.2, -0.15) is 0 Å². The van der Waals surface area contributed by atoms with Crippen molar-refractivity contribution >= 4 is 34.5 Å². The largest absolute Gasteiger partial charge is 0.469 e. The van der Waals surface area contributed by atoms with E-state index in [1.54, 1.807) is 0 Å². The van der Waals surface area contributed by atoms with Crippen LogP contribution in [0.3, 0.4) is 0 Å². The first-order chi connectivity index (χ1) is 17.9. The smallest absolute Gasteiger partial charge is 0.314 e. The zero-order valence-corrected chi connectivity index (χ0v) is 27.9. The zero-order chi connectivity index (χ0) is 29.4. The maximum absolute atomic E-state index is 14.2. The second-order valence-corrected chi connectivity index (χ2v) is 23.9. The minimum atomic E-state index is -2.12.